The number of ketones is 1. The summed E-state index contributed by atoms with van der Waals surface area (Å²) in [6.07, 6.45) is 1.94. The van der Waals surface area contributed by atoms with E-state index in [1.165, 1.54) is 0 Å². The van der Waals surface area contributed by atoms with Crippen molar-refractivity contribution in [1.29, 1.82) is 0 Å². The molecule has 3 heterocycles. The smallest absolute Gasteiger partial charge is 0.204 e. The Hall–Kier alpha value is -2.57. The highest BCUT2D eigenvalue weighted by molar-refractivity contribution is 6.28. The van der Waals surface area contributed by atoms with E-state index in [9.17, 15) is 15.0 Å². The lowest BCUT2D eigenvalue weighted by Crippen LogP contribution is -2.48. The van der Waals surface area contributed by atoms with Gasteiger partial charge < -0.3 is 15.1 Å². The number of carbonyl (C=O) groups excluding carboxylic acids is 1. The molecule has 0 radical (unpaired) electrons. The summed E-state index contributed by atoms with van der Waals surface area (Å²) in [6.45, 7) is 6.16. The molecule has 1 saturated heterocycles. The van der Waals surface area contributed by atoms with E-state index < -0.39 is 5.60 Å². The lowest BCUT2D eigenvalue weighted by atomic mass is 9.86. The summed E-state index contributed by atoms with van der Waals surface area (Å²) in [7, 11) is 0. The Balaban J connectivity index is 1.84. The first-order valence-electron chi connectivity index (χ1n) is 8.66. The third kappa shape index (κ3) is 2.29. The molecule has 26 heavy (non-hydrogen) atoms. The zero-order chi connectivity index (χ0) is 18.6. The van der Waals surface area contributed by atoms with Crippen LogP contribution in [0.15, 0.2) is 29.4 Å². The van der Waals surface area contributed by atoms with Crippen LogP contribution in [0, 0.1) is 20.8 Å². The lowest BCUT2D eigenvalue weighted by Gasteiger charge is -2.30. The monoisotopic (exact) mass is 351 g/mol. The topological polar surface area (TPSA) is 86.0 Å². The van der Waals surface area contributed by atoms with E-state index in [1.807, 2.05) is 43.9 Å². The Morgan fingerprint density at radius 3 is 2.58 bits per heavy atom. The molecular formula is C20H21N3O3. The molecule has 0 bridgehead atoms. The van der Waals surface area contributed by atoms with E-state index in [4.69, 9.17) is 0 Å². The van der Waals surface area contributed by atoms with Gasteiger partial charge in [-0.1, -0.05) is 0 Å². The number of aromatic nitrogens is 1. The number of rotatable bonds is 2. The van der Waals surface area contributed by atoms with Crippen molar-refractivity contribution < 1.29 is 15.0 Å². The van der Waals surface area contributed by atoms with Crippen LogP contribution in [0.3, 0.4) is 0 Å². The van der Waals surface area contributed by atoms with Crippen LogP contribution in [0.2, 0.25) is 0 Å². The number of aliphatic hydroxyl groups excluding tert-OH is 1. The fourth-order valence-corrected chi connectivity index (χ4v) is 3.65. The number of pyridine rings is 1. The van der Waals surface area contributed by atoms with Gasteiger partial charge in [-0.05, 0) is 55.7 Å². The van der Waals surface area contributed by atoms with Crippen molar-refractivity contribution in [3.8, 4) is 0 Å². The highest BCUT2D eigenvalue weighted by Crippen LogP contribution is 2.40. The highest BCUT2D eigenvalue weighted by atomic mass is 16.3. The molecule has 2 N–H and O–H groups in total. The van der Waals surface area contributed by atoms with Crippen molar-refractivity contribution in [1.82, 2.24) is 4.98 Å². The predicted molar refractivity (Wildman–Crippen MR) is 99.2 cm³/mol. The summed E-state index contributed by atoms with van der Waals surface area (Å²) in [5.41, 5.74) is 3.77. The van der Waals surface area contributed by atoms with Gasteiger partial charge in [0.2, 0.25) is 5.78 Å². The van der Waals surface area contributed by atoms with Crippen LogP contribution >= 0.6 is 0 Å². The Kier molecular flexibility index (Phi) is 3.71. The summed E-state index contributed by atoms with van der Waals surface area (Å²) in [6, 6.07) is 5.60. The van der Waals surface area contributed by atoms with Gasteiger partial charge in [0, 0.05) is 18.5 Å². The van der Waals surface area contributed by atoms with Crippen LogP contribution in [0.25, 0.3) is 0 Å². The number of amidine groups is 1. The summed E-state index contributed by atoms with van der Waals surface area (Å²) >= 11 is 0. The molecule has 6 nitrogen and oxygen atoms in total. The molecule has 0 aliphatic carbocycles. The predicted octanol–water partition coefficient (Wildman–Crippen LogP) is 2.37. The summed E-state index contributed by atoms with van der Waals surface area (Å²) in [5, 5.41) is 20.4. The van der Waals surface area contributed by atoms with Crippen molar-refractivity contribution in [2.75, 3.05) is 11.4 Å². The van der Waals surface area contributed by atoms with E-state index in [0.29, 0.717) is 29.3 Å². The molecule has 4 rings (SSSR count). The van der Waals surface area contributed by atoms with Gasteiger partial charge in [0.25, 0.3) is 0 Å². The highest BCUT2D eigenvalue weighted by Gasteiger charge is 2.52. The van der Waals surface area contributed by atoms with Crippen molar-refractivity contribution in [2.45, 2.75) is 39.4 Å². The fourth-order valence-electron chi connectivity index (χ4n) is 3.65. The van der Waals surface area contributed by atoms with Crippen LogP contribution in [-0.2, 0) is 6.61 Å². The van der Waals surface area contributed by atoms with Crippen LogP contribution in [0.1, 0.15) is 39.2 Å². The van der Waals surface area contributed by atoms with Crippen LogP contribution in [0.5, 0.6) is 0 Å². The minimum Gasteiger partial charge on any atom is -0.390 e. The number of aliphatic hydroxyl groups is 2. The maximum absolute atomic E-state index is 13.0. The molecule has 0 unspecified atom stereocenters. The second-order valence-electron chi connectivity index (χ2n) is 7.10. The first kappa shape index (κ1) is 16.9. The molecule has 1 aromatic carbocycles. The number of aliphatic imine (C=N–C) groups is 1. The van der Waals surface area contributed by atoms with E-state index in [2.05, 4.69) is 9.98 Å². The van der Waals surface area contributed by atoms with Crippen molar-refractivity contribution >= 4 is 23.0 Å². The van der Waals surface area contributed by atoms with Crippen LogP contribution < -0.4 is 4.90 Å². The van der Waals surface area contributed by atoms with Gasteiger partial charge in [0.15, 0.2) is 5.60 Å². The second-order valence-corrected chi connectivity index (χ2v) is 7.10. The average Bonchev–Trinajstić information content (AvgIpc) is 2.95. The van der Waals surface area contributed by atoms with Gasteiger partial charge in [0.1, 0.15) is 5.84 Å². The Bertz CT molecular complexity index is 967. The summed E-state index contributed by atoms with van der Waals surface area (Å²) < 4.78 is 0. The maximum Gasteiger partial charge on any atom is 0.204 e. The minimum absolute atomic E-state index is 0.124. The Morgan fingerprint density at radius 1 is 1.15 bits per heavy atom. The van der Waals surface area contributed by atoms with E-state index in [1.54, 1.807) is 6.20 Å². The van der Waals surface area contributed by atoms with Gasteiger partial charge in [0.05, 0.1) is 29.9 Å². The lowest BCUT2D eigenvalue weighted by molar-refractivity contribution is 0.0602. The van der Waals surface area contributed by atoms with Crippen LogP contribution in [-0.4, -0.2) is 39.0 Å². The minimum atomic E-state index is -1.60. The van der Waals surface area contributed by atoms with Gasteiger partial charge in [-0.2, -0.15) is 0 Å². The summed E-state index contributed by atoms with van der Waals surface area (Å²) in [4.78, 5) is 23.8. The third-order valence-corrected chi connectivity index (χ3v) is 5.42. The number of nitrogens with zero attached hydrogens (tertiary/aromatic N) is 3. The molecular weight excluding hydrogens is 330 g/mol. The molecule has 2 aliphatic rings. The largest absolute Gasteiger partial charge is 0.390 e. The number of aryl methyl sites for hydroxylation is 3. The van der Waals surface area contributed by atoms with Crippen LogP contribution in [0.4, 0.5) is 11.4 Å². The van der Waals surface area contributed by atoms with Gasteiger partial charge in [-0.3, -0.25) is 9.78 Å². The zero-order valence-electron chi connectivity index (χ0n) is 15.1. The molecule has 0 spiro atoms. The van der Waals surface area contributed by atoms with E-state index in [-0.39, 0.29) is 18.8 Å². The molecule has 2 aromatic rings. The number of Topliss-reactive ketones (excluding diaryl/α,β-unsaturated/α-hetero) is 1. The number of fused-ring (bicyclic) bond motifs is 2. The summed E-state index contributed by atoms with van der Waals surface area (Å²) in [5.74, 6) is 0.0657. The average molecular weight is 351 g/mol. The van der Waals surface area contributed by atoms with E-state index in [0.717, 1.165) is 22.4 Å². The fraction of sp³-hybridized carbons (Fsp3) is 0.350. The molecule has 1 aromatic heterocycles. The first-order chi connectivity index (χ1) is 12.3. The van der Waals surface area contributed by atoms with Crippen molar-refractivity contribution in [3.63, 3.8) is 0 Å². The maximum atomic E-state index is 13.0. The van der Waals surface area contributed by atoms with Gasteiger partial charge in [-0.25, -0.2) is 4.99 Å². The molecule has 0 saturated carbocycles. The molecule has 1 fully saturated rings. The SMILES string of the molecule is Cc1cc2c(cc1C)C(=O)[C@]1(O)CCN(c3cnc(CO)c(C)c3)C1=N2. The molecule has 6 heteroatoms. The number of carbonyl (C=O) groups is 1. The first-order valence-corrected chi connectivity index (χ1v) is 8.66. The molecule has 0 amide bonds. The standard InChI is InChI=1S/C20H21N3O3/c1-11-7-15-16(8-12(11)2)22-19-20(26,18(15)25)4-5-23(19)14-6-13(3)17(10-24)21-9-14/h6-9,24,26H,4-5,10H2,1-3H3/t20-/m1/s1. The molecule has 1 atom stereocenters. The van der Waals surface area contributed by atoms with Crippen molar-refractivity contribution in [2.24, 2.45) is 4.99 Å². The third-order valence-electron chi connectivity index (χ3n) is 5.42. The van der Waals surface area contributed by atoms with Gasteiger partial charge in [-0.15, -0.1) is 0 Å². The number of hydrogen-bond donors (Lipinski definition) is 2. The second kappa shape index (κ2) is 5.72. The van der Waals surface area contributed by atoms with Crippen molar-refractivity contribution in [3.05, 3.63) is 52.3 Å². The number of benzene rings is 1. The number of anilines is 1. The Labute approximate surface area is 151 Å². The molecule has 2 aliphatic heterocycles. The van der Waals surface area contributed by atoms with E-state index >= 15 is 0 Å². The number of hydrogen-bond acceptors (Lipinski definition) is 6. The quantitative estimate of drug-likeness (QED) is 0.867. The Morgan fingerprint density at radius 2 is 1.88 bits per heavy atom. The normalized spacial score (nSPS) is 21.5. The van der Waals surface area contributed by atoms with Gasteiger partial charge >= 0.3 is 0 Å². The molecule has 134 valence electrons. The zero-order valence-corrected chi connectivity index (χ0v) is 15.1.